The standard InChI is InChI=1S/C20H25N5O2/c1-26-13-16-11-15(3-4-18(16)27-2)12-24-7-9-25(10-8-24)20-17-5-6-21-19(17)22-14-23-20/h3-6,11,14H,7-10,12-13H2,1-2H3,(H,21,22,23). The van der Waals surface area contributed by atoms with Crippen LogP contribution in [0.5, 0.6) is 5.75 Å². The van der Waals surface area contributed by atoms with Crippen molar-refractivity contribution in [1.82, 2.24) is 19.9 Å². The second kappa shape index (κ2) is 7.94. The molecule has 1 aliphatic heterocycles. The average Bonchev–Trinajstić information content (AvgIpc) is 3.18. The first kappa shape index (κ1) is 17.8. The van der Waals surface area contributed by atoms with E-state index >= 15 is 0 Å². The van der Waals surface area contributed by atoms with E-state index in [4.69, 9.17) is 9.47 Å². The van der Waals surface area contributed by atoms with Gasteiger partial charge in [-0.3, -0.25) is 4.90 Å². The number of nitrogens with one attached hydrogen (secondary N) is 1. The zero-order valence-corrected chi connectivity index (χ0v) is 15.8. The van der Waals surface area contributed by atoms with Crippen LogP contribution in [0.2, 0.25) is 0 Å². The van der Waals surface area contributed by atoms with Gasteiger partial charge in [-0.1, -0.05) is 6.07 Å². The molecule has 3 aromatic rings. The summed E-state index contributed by atoms with van der Waals surface area (Å²) in [7, 11) is 3.40. The van der Waals surface area contributed by atoms with Crippen LogP contribution in [0.1, 0.15) is 11.1 Å². The minimum atomic E-state index is 0.561. The van der Waals surface area contributed by atoms with Crippen LogP contribution in [-0.4, -0.2) is 60.3 Å². The summed E-state index contributed by atoms with van der Waals surface area (Å²) >= 11 is 0. The van der Waals surface area contributed by atoms with Gasteiger partial charge in [0.2, 0.25) is 0 Å². The summed E-state index contributed by atoms with van der Waals surface area (Å²) in [5.74, 6) is 1.90. The Hall–Kier alpha value is -2.64. The molecule has 0 spiro atoms. The maximum absolute atomic E-state index is 5.42. The molecule has 0 atom stereocenters. The molecular weight excluding hydrogens is 342 g/mol. The van der Waals surface area contributed by atoms with Gasteiger partial charge in [-0.2, -0.15) is 0 Å². The Kier molecular flexibility index (Phi) is 5.22. The normalized spacial score (nSPS) is 15.4. The van der Waals surface area contributed by atoms with E-state index in [0.29, 0.717) is 6.61 Å². The fourth-order valence-electron chi connectivity index (χ4n) is 3.69. The lowest BCUT2D eigenvalue weighted by Gasteiger charge is -2.35. The summed E-state index contributed by atoms with van der Waals surface area (Å²) < 4.78 is 10.7. The predicted octanol–water partition coefficient (Wildman–Crippen LogP) is 2.44. The first-order chi connectivity index (χ1) is 13.3. The fraction of sp³-hybridized carbons (Fsp3) is 0.400. The second-order valence-electron chi connectivity index (χ2n) is 6.78. The van der Waals surface area contributed by atoms with E-state index in [1.807, 2.05) is 18.3 Å². The molecule has 4 rings (SSSR count). The zero-order chi connectivity index (χ0) is 18.6. The smallest absolute Gasteiger partial charge is 0.142 e. The number of hydrogen-bond acceptors (Lipinski definition) is 6. The second-order valence-corrected chi connectivity index (χ2v) is 6.78. The molecule has 1 fully saturated rings. The van der Waals surface area contributed by atoms with Crippen molar-refractivity contribution in [3.8, 4) is 5.75 Å². The van der Waals surface area contributed by atoms with Crippen molar-refractivity contribution in [3.63, 3.8) is 0 Å². The molecule has 0 aliphatic carbocycles. The lowest BCUT2D eigenvalue weighted by Crippen LogP contribution is -2.46. The van der Waals surface area contributed by atoms with Crippen LogP contribution >= 0.6 is 0 Å². The number of H-pyrrole nitrogens is 1. The van der Waals surface area contributed by atoms with Gasteiger partial charge in [0.25, 0.3) is 0 Å². The van der Waals surface area contributed by atoms with Crippen molar-refractivity contribution in [2.75, 3.05) is 45.3 Å². The highest BCUT2D eigenvalue weighted by Crippen LogP contribution is 2.24. The number of hydrogen-bond donors (Lipinski definition) is 1. The highest BCUT2D eigenvalue weighted by Gasteiger charge is 2.20. The molecule has 7 nitrogen and oxygen atoms in total. The predicted molar refractivity (Wildman–Crippen MR) is 105 cm³/mol. The number of rotatable bonds is 6. The van der Waals surface area contributed by atoms with Crippen molar-refractivity contribution in [1.29, 1.82) is 0 Å². The van der Waals surface area contributed by atoms with Crippen molar-refractivity contribution >= 4 is 16.9 Å². The first-order valence-electron chi connectivity index (χ1n) is 9.18. The Morgan fingerprint density at radius 2 is 1.93 bits per heavy atom. The highest BCUT2D eigenvalue weighted by molar-refractivity contribution is 5.87. The molecule has 1 N–H and O–H groups in total. The van der Waals surface area contributed by atoms with Gasteiger partial charge in [0.1, 0.15) is 23.5 Å². The summed E-state index contributed by atoms with van der Waals surface area (Å²) in [6.07, 6.45) is 3.55. The van der Waals surface area contributed by atoms with Crippen LogP contribution in [-0.2, 0) is 17.9 Å². The SMILES string of the molecule is COCc1cc(CN2CCN(c3ncnc4[nH]ccc34)CC2)ccc1OC. The summed E-state index contributed by atoms with van der Waals surface area (Å²) in [6, 6.07) is 8.40. The van der Waals surface area contributed by atoms with Gasteiger partial charge in [0.15, 0.2) is 0 Å². The number of fused-ring (bicyclic) bond motifs is 1. The summed E-state index contributed by atoms with van der Waals surface area (Å²) in [5, 5.41) is 1.09. The Bertz CT molecular complexity index is 902. The van der Waals surface area contributed by atoms with Crippen LogP contribution in [0.4, 0.5) is 5.82 Å². The Balaban J connectivity index is 1.41. The molecule has 1 saturated heterocycles. The number of aromatic amines is 1. The van der Waals surface area contributed by atoms with E-state index in [9.17, 15) is 0 Å². The molecule has 142 valence electrons. The lowest BCUT2D eigenvalue weighted by atomic mass is 10.1. The molecule has 7 heteroatoms. The van der Waals surface area contributed by atoms with Crippen molar-refractivity contribution in [3.05, 3.63) is 47.9 Å². The van der Waals surface area contributed by atoms with Crippen molar-refractivity contribution in [2.45, 2.75) is 13.2 Å². The number of nitrogens with zero attached hydrogens (tertiary/aromatic N) is 4. The van der Waals surface area contributed by atoms with E-state index in [2.05, 4.69) is 36.9 Å². The van der Waals surface area contributed by atoms with Crippen LogP contribution in [0, 0.1) is 0 Å². The topological polar surface area (TPSA) is 66.5 Å². The average molecular weight is 367 g/mol. The molecule has 0 bridgehead atoms. The molecule has 0 amide bonds. The van der Waals surface area contributed by atoms with E-state index in [0.717, 1.165) is 60.9 Å². The number of ether oxygens (including phenoxy) is 2. The molecule has 1 aromatic carbocycles. The van der Waals surface area contributed by atoms with Gasteiger partial charge in [-0.15, -0.1) is 0 Å². The monoisotopic (exact) mass is 367 g/mol. The van der Waals surface area contributed by atoms with E-state index in [1.54, 1.807) is 20.5 Å². The highest BCUT2D eigenvalue weighted by atomic mass is 16.5. The number of aromatic nitrogens is 3. The van der Waals surface area contributed by atoms with Gasteiger partial charge in [-0.05, 0) is 23.8 Å². The van der Waals surface area contributed by atoms with Crippen LogP contribution in [0.3, 0.4) is 0 Å². The van der Waals surface area contributed by atoms with Crippen molar-refractivity contribution in [2.24, 2.45) is 0 Å². The third-order valence-corrected chi connectivity index (χ3v) is 5.06. The number of piperazine rings is 1. The third kappa shape index (κ3) is 3.74. The molecule has 0 unspecified atom stereocenters. The minimum Gasteiger partial charge on any atom is -0.496 e. The largest absolute Gasteiger partial charge is 0.496 e. The molecule has 3 heterocycles. The summed E-state index contributed by atoms with van der Waals surface area (Å²) in [5.41, 5.74) is 3.27. The zero-order valence-electron chi connectivity index (χ0n) is 15.8. The van der Waals surface area contributed by atoms with Gasteiger partial charge >= 0.3 is 0 Å². The van der Waals surface area contributed by atoms with Gasteiger partial charge < -0.3 is 19.4 Å². The summed E-state index contributed by atoms with van der Waals surface area (Å²) in [4.78, 5) is 16.8. The maximum Gasteiger partial charge on any atom is 0.142 e. The fourth-order valence-corrected chi connectivity index (χ4v) is 3.69. The Morgan fingerprint density at radius 3 is 2.70 bits per heavy atom. The minimum absolute atomic E-state index is 0.561. The molecule has 27 heavy (non-hydrogen) atoms. The molecule has 0 saturated carbocycles. The lowest BCUT2D eigenvalue weighted by molar-refractivity contribution is 0.181. The third-order valence-electron chi connectivity index (χ3n) is 5.06. The number of benzene rings is 1. The van der Waals surface area contributed by atoms with Crippen LogP contribution in [0.15, 0.2) is 36.8 Å². The molecule has 0 radical (unpaired) electrons. The first-order valence-corrected chi connectivity index (χ1v) is 9.18. The molecular formula is C20H25N5O2. The number of anilines is 1. The quantitative estimate of drug-likeness (QED) is 0.722. The van der Waals surface area contributed by atoms with Crippen LogP contribution < -0.4 is 9.64 Å². The Morgan fingerprint density at radius 1 is 1.07 bits per heavy atom. The molecule has 2 aromatic heterocycles. The maximum atomic E-state index is 5.42. The van der Waals surface area contributed by atoms with Crippen molar-refractivity contribution < 1.29 is 9.47 Å². The molecule has 1 aliphatic rings. The van der Waals surface area contributed by atoms with E-state index < -0.39 is 0 Å². The van der Waals surface area contributed by atoms with E-state index in [-0.39, 0.29) is 0 Å². The Labute approximate surface area is 158 Å². The van der Waals surface area contributed by atoms with Gasteiger partial charge in [0, 0.05) is 51.6 Å². The van der Waals surface area contributed by atoms with E-state index in [1.165, 1.54) is 5.56 Å². The number of methoxy groups -OCH3 is 2. The summed E-state index contributed by atoms with van der Waals surface area (Å²) in [6.45, 7) is 5.41. The van der Waals surface area contributed by atoms with Crippen LogP contribution in [0.25, 0.3) is 11.0 Å². The van der Waals surface area contributed by atoms with Gasteiger partial charge in [0.05, 0.1) is 19.1 Å². The van der Waals surface area contributed by atoms with Gasteiger partial charge in [-0.25, -0.2) is 9.97 Å².